The third-order valence-electron chi connectivity index (χ3n) is 5.59. The molecule has 1 aliphatic rings. The Balaban J connectivity index is 1.48. The van der Waals surface area contributed by atoms with Gasteiger partial charge < -0.3 is 19.9 Å². The number of rotatable bonds is 9. The van der Waals surface area contributed by atoms with Gasteiger partial charge in [-0.1, -0.05) is 36.4 Å². The maximum atomic E-state index is 13.4. The average Bonchev–Trinajstić information content (AvgIpc) is 3.58. The molecule has 1 N–H and O–H groups in total. The lowest BCUT2D eigenvalue weighted by Gasteiger charge is -2.28. The number of anilines is 1. The lowest BCUT2D eigenvalue weighted by molar-refractivity contribution is -0.133. The van der Waals surface area contributed by atoms with E-state index >= 15 is 0 Å². The van der Waals surface area contributed by atoms with Crippen LogP contribution in [0.5, 0.6) is 5.75 Å². The number of urea groups is 1. The first-order valence-electron chi connectivity index (χ1n) is 11.1. The number of methoxy groups -OCH3 is 1. The Hall–Kier alpha value is -3.32. The van der Waals surface area contributed by atoms with E-state index in [1.165, 1.54) is 4.88 Å². The van der Waals surface area contributed by atoms with Crippen LogP contribution in [0.15, 0.2) is 66.7 Å². The number of benzene rings is 2. The number of hydrogen-bond donors (Lipinski definition) is 1. The van der Waals surface area contributed by atoms with Gasteiger partial charge in [0.1, 0.15) is 12.3 Å². The molecule has 33 heavy (non-hydrogen) atoms. The zero-order valence-electron chi connectivity index (χ0n) is 19.0. The fourth-order valence-corrected chi connectivity index (χ4v) is 4.60. The fraction of sp³-hybridized carbons (Fsp3) is 0.308. The zero-order chi connectivity index (χ0) is 23.2. The molecule has 0 radical (unpaired) electrons. The molecule has 2 aromatic carbocycles. The van der Waals surface area contributed by atoms with Gasteiger partial charge in [0.05, 0.1) is 13.7 Å². The van der Waals surface area contributed by atoms with Crippen LogP contribution in [-0.4, -0.2) is 41.4 Å². The molecular weight excluding hydrogens is 434 g/mol. The van der Waals surface area contributed by atoms with E-state index in [4.69, 9.17) is 4.74 Å². The molecule has 0 spiro atoms. The maximum absolute atomic E-state index is 13.4. The molecule has 1 aromatic heterocycles. The average molecular weight is 464 g/mol. The van der Waals surface area contributed by atoms with Gasteiger partial charge in [0, 0.05) is 34.1 Å². The van der Waals surface area contributed by atoms with Gasteiger partial charge in [-0.05, 0) is 49.6 Å². The van der Waals surface area contributed by atoms with Crippen LogP contribution >= 0.6 is 11.3 Å². The first kappa shape index (κ1) is 22.9. The second kappa shape index (κ2) is 10.5. The predicted molar refractivity (Wildman–Crippen MR) is 131 cm³/mol. The number of nitrogens with zero attached hydrogens (tertiary/aromatic N) is 2. The smallest absolute Gasteiger partial charge is 0.322 e. The van der Waals surface area contributed by atoms with Crippen LogP contribution in [0.3, 0.4) is 0 Å². The first-order valence-corrected chi connectivity index (χ1v) is 11.9. The number of thiophene rings is 1. The molecule has 0 saturated heterocycles. The van der Waals surface area contributed by atoms with Crippen molar-refractivity contribution in [3.63, 3.8) is 0 Å². The molecule has 6 nitrogen and oxygen atoms in total. The van der Waals surface area contributed by atoms with Gasteiger partial charge in [-0.15, -0.1) is 11.3 Å². The topological polar surface area (TPSA) is 61.9 Å². The highest BCUT2D eigenvalue weighted by molar-refractivity contribution is 7.11. The molecule has 172 valence electrons. The van der Waals surface area contributed by atoms with E-state index < -0.39 is 0 Å². The molecule has 3 aromatic rings. The predicted octanol–water partition coefficient (Wildman–Crippen LogP) is 5.29. The van der Waals surface area contributed by atoms with E-state index in [1.54, 1.807) is 29.4 Å². The van der Waals surface area contributed by atoms with Crippen LogP contribution in [-0.2, 0) is 17.9 Å². The van der Waals surface area contributed by atoms with Crippen molar-refractivity contribution >= 4 is 29.0 Å². The minimum Gasteiger partial charge on any atom is -0.497 e. The number of amides is 3. The molecule has 0 aliphatic heterocycles. The van der Waals surface area contributed by atoms with Gasteiger partial charge in [-0.25, -0.2) is 4.79 Å². The quantitative estimate of drug-likeness (QED) is 0.469. The number of hydrogen-bond acceptors (Lipinski definition) is 4. The normalized spacial score (nSPS) is 12.8. The molecule has 4 rings (SSSR count). The van der Waals surface area contributed by atoms with Crippen LogP contribution in [0.25, 0.3) is 0 Å². The molecule has 0 bridgehead atoms. The number of carbonyl (C=O) groups is 2. The second-order valence-corrected chi connectivity index (χ2v) is 9.64. The van der Waals surface area contributed by atoms with Gasteiger partial charge in [0.25, 0.3) is 0 Å². The summed E-state index contributed by atoms with van der Waals surface area (Å²) in [6.07, 6.45) is 1.84. The van der Waals surface area contributed by atoms with Gasteiger partial charge in [-0.2, -0.15) is 0 Å². The molecule has 1 heterocycles. The van der Waals surface area contributed by atoms with Crippen LogP contribution in [0, 0.1) is 6.92 Å². The first-order chi connectivity index (χ1) is 16.0. The third kappa shape index (κ3) is 6.35. The minimum absolute atomic E-state index is 0.0532. The largest absolute Gasteiger partial charge is 0.497 e. The van der Waals surface area contributed by atoms with Crippen LogP contribution in [0.2, 0.25) is 0 Å². The molecule has 1 fully saturated rings. The monoisotopic (exact) mass is 463 g/mol. The lowest BCUT2D eigenvalue weighted by Crippen LogP contribution is -2.45. The zero-order valence-corrected chi connectivity index (χ0v) is 19.8. The van der Waals surface area contributed by atoms with E-state index in [0.29, 0.717) is 24.5 Å². The van der Waals surface area contributed by atoms with Gasteiger partial charge in [0.15, 0.2) is 0 Å². The molecular formula is C26H29N3O3S. The summed E-state index contributed by atoms with van der Waals surface area (Å²) < 4.78 is 5.24. The molecule has 1 saturated carbocycles. The summed E-state index contributed by atoms with van der Waals surface area (Å²) in [5.74, 6) is 0.611. The van der Waals surface area contributed by atoms with Crippen molar-refractivity contribution in [2.45, 2.75) is 38.9 Å². The van der Waals surface area contributed by atoms with Crippen molar-refractivity contribution in [3.8, 4) is 5.75 Å². The third-order valence-corrected chi connectivity index (χ3v) is 6.57. The highest BCUT2D eigenvalue weighted by Gasteiger charge is 2.35. The van der Waals surface area contributed by atoms with E-state index in [0.717, 1.165) is 23.3 Å². The minimum atomic E-state index is -0.259. The molecule has 0 atom stereocenters. The highest BCUT2D eigenvalue weighted by atomic mass is 32.1. The van der Waals surface area contributed by atoms with Crippen LogP contribution < -0.4 is 10.1 Å². The summed E-state index contributed by atoms with van der Waals surface area (Å²) in [5, 5.41) is 2.92. The summed E-state index contributed by atoms with van der Waals surface area (Å²) >= 11 is 1.69. The summed E-state index contributed by atoms with van der Waals surface area (Å²) in [6.45, 7) is 3.15. The summed E-state index contributed by atoms with van der Waals surface area (Å²) in [4.78, 5) is 32.4. The number of aryl methyl sites for hydroxylation is 1. The number of nitrogens with one attached hydrogen (secondary N) is 1. The Morgan fingerprint density at radius 3 is 2.48 bits per heavy atom. The Bertz CT molecular complexity index is 1090. The van der Waals surface area contributed by atoms with E-state index in [2.05, 4.69) is 24.4 Å². The maximum Gasteiger partial charge on any atom is 0.322 e. The second-order valence-electron chi connectivity index (χ2n) is 8.27. The Labute approximate surface area is 198 Å². The van der Waals surface area contributed by atoms with Crippen molar-refractivity contribution in [3.05, 3.63) is 82.0 Å². The van der Waals surface area contributed by atoms with Gasteiger partial charge >= 0.3 is 6.03 Å². The lowest BCUT2D eigenvalue weighted by atomic mass is 10.2. The highest BCUT2D eigenvalue weighted by Crippen LogP contribution is 2.28. The number of ether oxygens (including phenoxy) is 1. The van der Waals surface area contributed by atoms with Crippen molar-refractivity contribution in [1.29, 1.82) is 0 Å². The molecule has 7 heteroatoms. The van der Waals surface area contributed by atoms with E-state index in [-0.39, 0.29) is 24.5 Å². The SMILES string of the molecule is COc1cccc(NC(=O)N(CC(=O)N(Cc2ccccc2)Cc2ccc(C)s2)C2CC2)c1. The molecule has 0 unspecified atom stereocenters. The summed E-state index contributed by atoms with van der Waals surface area (Å²) in [5.41, 5.74) is 1.71. The standard InChI is InChI=1S/C26H29N3O3S/c1-19-11-14-24(33-19)17-28(16-20-7-4-3-5-8-20)25(30)18-29(22-12-13-22)26(31)27-21-9-6-10-23(15-21)32-2/h3-11,14-15,22H,12-13,16-18H2,1-2H3,(H,27,31). The summed E-state index contributed by atoms with van der Waals surface area (Å²) in [7, 11) is 1.59. The molecule has 1 aliphatic carbocycles. The fourth-order valence-electron chi connectivity index (χ4n) is 3.69. The molecule has 3 amide bonds. The Morgan fingerprint density at radius 2 is 1.82 bits per heavy atom. The Morgan fingerprint density at radius 1 is 1.03 bits per heavy atom. The van der Waals surface area contributed by atoms with Gasteiger partial charge in [-0.3, -0.25) is 4.79 Å². The number of carbonyl (C=O) groups excluding carboxylic acids is 2. The van der Waals surface area contributed by atoms with Crippen molar-refractivity contribution in [2.24, 2.45) is 0 Å². The van der Waals surface area contributed by atoms with Crippen LogP contribution in [0.4, 0.5) is 10.5 Å². The van der Waals surface area contributed by atoms with E-state index in [9.17, 15) is 9.59 Å². The van der Waals surface area contributed by atoms with Gasteiger partial charge in [0.2, 0.25) is 5.91 Å². The summed E-state index contributed by atoms with van der Waals surface area (Å²) in [6, 6.07) is 21.2. The van der Waals surface area contributed by atoms with Crippen molar-refractivity contribution in [2.75, 3.05) is 19.0 Å². The van der Waals surface area contributed by atoms with E-state index in [1.807, 2.05) is 53.4 Å². The Kier molecular flexibility index (Phi) is 7.29. The van der Waals surface area contributed by atoms with Crippen molar-refractivity contribution < 1.29 is 14.3 Å². The van der Waals surface area contributed by atoms with Crippen LogP contribution in [0.1, 0.15) is 28.2 Å². The van der Waals surface area contributed by atoms with Crippen molar-refractivity contribution in [1.82, 2.24) is 9.80 Å².